The highest BCUT2D eigenvalue weighted by atomic mass is 16.5. The number of aliphatic imine (C=N–C) groups is 1. The predicted octanol–water partition coefficient (Wildman–Crippen LogP) is 1.59. The zero-order valence-electron chi connectivity index (χ0n) is 16.0. The van der Waals surface area contributed by atoms with Gasteiger partial charge in [-0.1, -0.05) is 0 Å². The highest BCUT2D eigenvalue weighted by Gasteiger charge is 2.20. The van der Waals surface area contributed by atoms with E-state index >= 15 is 0 Å². The van der Waals surface area contributed by atoms with Crippen LogP contribution in [0.4, 0.5) is 0 Å². The van der Waals surface area contributed by atoms with E-state index in [4.69, 9.17) is 14.5 Å². The maximum Gasteiger partial charge on any atom is 0.219 e. The number of hydrogen-bond acceptors (Lipinski definition) is 4. The molecule has 0 aliphatic carbocycles. The first-order valence-corrected chi connectivity index (χ1v) is 9.19. The standard InChI is InChI=1S/C19H30N4O3/c1-4-20-19(23-13-11-22(12-14-23)16(2)24)21-10-5-15-26-18-8-6-17(25-3)7-9-18/h6-9H,4-5,10-15H2,1-3H3,(H,20,21). The molecule has 1 N–H and O–H groups in total. The Morgan fingerprint density at radius 2 is 1.73 bits per heavy atom. The molecule has 144 valence electrons. The van der Waals surface area contributed by atoms with Crippen LogP contribution in [0.5, 0.6) is 11.5 Å². The quantitative estimate of drug-likeness (QED) is 0.453. The molecule has 2 rings (SSSR count). The number of benzene rings is 1. The van der Waals surface area contributed by atoms with Crippen LogP contribution in [0, 0.1) is 0 Å². The second kappa shape index (κ2) is 10.5. The van der Waals surface area contributed by atoms with E-state index in [1.54, 1.807) is 14.0 Å². The van der Waals surface area contributed by atoms with E-state index in [0.717, 1.165) is 56.6 Å². The SMILES string of the molecule is CCNC(=NCCCOc1ccc(OC)cc1)N1CCN(C(C)=O)CC1. The molecule has 1 aliphatic heterocycles. The number of piperazine rings is 1. The number of rotatable bonds is 7. The molecular formula is C19H30N4O3. The molecule has 1 heterocycles. The van der Waals surface area contributed by atoms with Crippen molar-refractivity contribution in [3.63, 3.8) is 0 Å². The zero-order chi connectivity index (χ0) is 18.8. The number of nitrogens with one attached hydrogen (secondary N) is 1. The second-order valence-electron chi connectivity index (χ2n) is 6.11. The van der Waals surface area contributed by atoms with Gasteiger partial charge in [-0.05, 0) is 31.2 Å². The zero-order valence-corrected chi connectivity index (χ0v) is 16.0. The van der Waals surface area contributed by atoms with Gasteiger partial charge in [0.25, 0.3) is 0 Å². The molecule has 7 nitrogen and oxygen atoms in total. The number of ether oxygens (including phenoxy) is 2. The fourth-order valence-electron chi connectivity index (χ4n) is 2.77. The number of methoxy groups -OCH3 is 1. The summed E-state index contributed by atoms with van der Waals surface area (Å²) < 4.78 is 10.9. The van der Waals surface area contributed by atoms with Gasteiger partial charge in [0.05, 0.1) is 13.7 Å². The normalized spacial score (nSPS) is 15.0. The molecule has 7 heteroatoms. The number of nitrogens with zero attached hydrogens (tertiary/aromatic N) is 3. The van der Waals surface area contributed by atoms with E-state index in [2.05, 4.69) is 17.1 Å². The first-order valence-electron chi connectivity index (χ1n) is 9.19. The molecule has 1 aromatic rings. The molecule has 26 heavy (non-hydrogen) atoms. The average molecular weight is 362 g/mol. The summed E-state index contributed by atoms with van der Waals surface area (Å²) in [6, 6.07) is 7.58. The number of amides is 1. The van der Waals surface area contributed by atoms with Crippen LogP contribution >= 0.6 is 0 Å². The lowest BCUT2D eigenvalue weighted by atomic mass is 10.3. The first kappa shape index (κ1) is 19.9. The molecule has 0 spiro atoms. The number of hydrogen-bond donors (Lipinski definition) is 1. The molecular weight excluding hydrogens is 332 g/mol. The second-order valence-corrected chi connectivity index (χ2v) is 6.11. The summed E-state index contributed by atoms with van der Waals surface area (Å²) in [5.41, 5.74) is 0. The Morgan fingerprint density at radius 1 is 1.12 bits per heavy atom. The van der Waals surface area contributed by atoms with Crippen LogP contribution in [-0.2, 0) is 4.79 Å². The summed E-state index contributed by atoms with van der Waals surface area (Å²) >= 11 is 0. The van der Waals surface area contributed by atoms with Crippen molar-refractivity contribution in [2.24, 2.45) is 4.99 Å². The van der Waals surface area contributed by atoms with Crippen molar-refractivity contribution < 1.29 is 14.3 Å². The molecule has 1 amide bonds. The van der Waals surface area contributed by atoms with Gasteiger partial charge in [0, 0.05) is 52.6 Å². The average Bonchev–Trinajstić information content (AvgIpc) is 2.67. The fraction of sp³-hybridized carbons (Fsp3) is 0.579. The van der Waals surface area contributed by atoms with Gasteiger partial charge < -0.3 is 24.6 Å². The molecule has 0 radical (unpaired) electrons. The fourth-order valence-corrected chi connectivity index (χ4v) is 2.77. The highest BCUT2D eigenvalue weighted by Crippen LogP contribution is 2.17. The number of guanidine groups is 1. The van der Waals surface area contributed by atoms with Gasteiger partial charge in [0.15, 0.2) is 5.96 Å². The molecule has 1 aromatic carbocycles. The Hall–Kier alpha value is -2.44. The minimum absolute atomic E-state index is 0.141. The van der Waals surface area contributed by atoms with Crippen LogP contribution < -0.4 is 14.8 Å². The van der Waals surface area contributed by atoms with Crippen LogP contribution in [0.1, 0.15) is 20.3 Å². The van der Waals surface area contributed by atoms with E-state index in [0.29, 0.717) is 13.2 Å². The lowest BCUT2D eigenvalue weighted by Gasteiger charge is -2.36. The van der Waals surface area contributed by atoms with Crippen LogP contribution in [0.25, 0.3) is 0 Å². The lowest BCUT2D eigenvalue weighted by molar-refractivity contribution is -0.130. The monoisotopic (exact) mass is 362 g/mol. The molecule has 1 saturated heterocycles. The van der Waals surface area contributed by atoms with Crippen LogP contribution in [0.2, 0.25) is 0 Å². The summed E-state index contributed by atoms with van der Waals surface area (Å²) in [4.78, 5) is 20.2. The smallest absolute Gasteiger partial charge is 0.219 e. The molecule has 0 atom stereocenters. The molecule has 1 aliphatic rings. The van der Waals surface area contributed by atoms with Crippen LogP contribution in [0.3, 0.4) is 0 Å². The van der Waals surface area contributed by atoms with Gasteiger partial charge in [0.1, 0.15) is 11.5 Å². The van der Waals surface area contributed by atoms with Crippen LogP contribution in [0.15, 0.2) is 29.3 Å². The third-order valence-corrected chi connectivity index (χ3v) is 4.25. The third kappa shape index (κ3) is 6.13. The van der Waals surface area contributed by atoms with Gasteiger partial charge >= 0.3 is 0 Å². The Kier molecular flexibility index (Phi) is 8.05. The maximum atomic E-state index is 11.4. The maximum absolute atomic E-state index is 11.4. The number of carbonyl (C=O) groups excluding carboxylic acids is 1. The summed E-state index contributed by atoms with van der Waals surface area (Å²) in [6.45, 7) is 8.96. The molecule has 0 bridgehead atoms. The van der Waals surface area contributed by atoms with Gasteiger partial charge in [-0.25, -0.2) is 0 Å². The molecule has 1 fully saturated rings. The Morgan fingerprint density at radius 3 is 2.31 bits per heavy atom. The highest BCUT2D eigenvalue weighted by molar-refractivity contribution is 5.80. The van der Waals surface area contributed by atoms with Crippen LogP contribution in [-0.4, -0.2) is 74.7 Å². The summed E-state index contributed by atoms with van der Waals surface area (Å²) in [5.74, 6) is 2.71. The van der Waals surface area contributed by atoms with E-state index in [1.807, 2.05) is 29.2 Å². The Balaban J connectivity index is 1.75. The predicted molar refractivity (Wildman–Crippen MR) is 103 cm³/mol. The van der Waals surface area contributed by atoms with Crippen molar-refractivity contribution >= 4 is 11.9 Å². The van der Waals surface area contributed by atoms with E-state index in [-0.39, 0.29) is 5.91 Å². The Labute approximate surface area is 156 Å². The first-order chi connectivity index (χ1) is 12.6. The Bertz CT molecular complexity index is 581. The topological polar surface area (TPSA) is 66.4 Å². The minimum atomic E-state index is 0.141. The molecule has 0 saturated carbocycles. The summed E-state index contributed by atoms with van der Waals surface area (Å²) in [6.07, 6.45) is 0.842. The summed E-state index contributed by atoms with van der Waals surface area (Å²) in [5, 5.41) is 3.34. The van der Waals surface area contributed by atoms with E-state index in [1.165, 1.54) is 0 Å². The van der Waals surface area contributed by atoms with E-state index in [9.17, 15) is 4.79 Å². The van der Waals surface area contributed by atoms with E-state index < -0.39 is 0 Å². The van der Waals surface area contributed by atoms with Gasteiger partial charge in [-0.2, -0.15) is 0 Å². The van der Waals surface area contributed by atoms with Crippen molar-refractivity contribution in [2.45, 2.75) is 20.3 Å². The lowest BCUT2D eigenvalue weighted by Crippen LogP contribution is -2.53. The summed E-state index contributed by atoms with van der Waals surface area (Å²) in [7, 11) is 1.65. The largest absolute Gasteiger partial charge is 0.497 e. The van der Waals surface area contributed by atoms with Gasteiger partial charge in [-0.15, -0.1) is 0 Å². The third-order valence-electron chi connectivity index (χ3n) is 4.25. The van der Waals surface area contributed by atoms with Crippen molar-refractivity contribution in [3.8, 4) is 11.5 Å². The van der Waals surface area contributed by atoms with Crippen molar-refractivity contribution in [3.05, 3.63) is 24.3 Å². The van der Waals surface area contributed by atoms with Crippen molar-refractivity contribution in [1.29, 1.82) is 0 Å². The molecule has 0 aromatic heterocycles. The van der Waals surface area contributed by atoms with Crippen molar-refractivity contribution in [2.75, 3.05) is 53.0 Å². The van der Waals surface area contributed by atoms with Gasteiger partial charge in [-0.3, -0.25) is 9.79 Å². The molecule has 0 unspecified atom stereocenters. The number of carbonyl (C=O) groups is 1. The minimum Gasteiger partial charge on any atom is -0.497 e. The van der Waals surface area contributed by atoms with Gasteiger partial charge in [0.2, 0.25) is 5.91 Å². The van der Waals surface area contributed by atoms with Crippen molar-refractivity contribution in [1.82, 2.24) is 15.1 Å².